The fraction of sp³-hybridized carbons (Fsp3) is 0.0625. The topological polar surface area (TPSA) is 70.7 Å². The zero-order valence-electron chi connectivity index (χ0n) is 12.7. The Balaban J connectivity index is 1.76. The van der Waals surface area contributed by atoms with Crippen molar-refractivity contribution in [3.05, 3.63) is 65.5 Å². The lowest BCUT2D eigenvalue weighted by molar-refractivity contribution is -0.144. The summed E-state index contributed by atoms with van der Waals surface area (Å²) in [6.07, 6.45) is -4.67. The number of anilines is 1. The van der Waals surface area contributed by atoms with Crippen molar-refractivity contribution in [1.82, 2.24) is 15.2 Å². The standard InChI is InChI=1S/C16H9F5N4O/c17-10-5-6-12(11(18)7-10)22-14(26)9-3-1-8(2-4-9)13-23-15(25-24-13)16(19,20)21/h1-7H,(H,22,26)(H,23,24,25). The van der Waals surface area contributed by atoms with Gasteiger partial charge in [-0.15, -0.1) is 5.10 Å². The number of amides is 1. The molecule has 5 nitrogen and oxygen atoms in total. The van der Waals surface area contributed by atoms with Crippen LogP contribution in [0, 0.1) is 11.6 Å². The Morgan fingerprint density at radius 1 is 1.04 bits per heavy atom. The Morgan fingerprint density at radius 2 is 1.73 bits per heavy atom. The van der Waals surface area contributed by atoms with E-state index in [1.807, 2.05) is 0 Å². The van der Waals surface area contributed by atoms with Gasteiger partial charge in [-0.05, 0) is 24.3 Å². The first-order chi connectivity index (χ1) is 12.2. The quantitative estimate of drug-likeness (QED) is 0.686. The van der Waals surface area contributed by atoms with Gasteiger partial charge in [0.05, 0.1) is 5.69 Å². The smallest absolute Gasteiger partial charge is 0.319 e. The minimum Gasteiger partial charge on any atom is -0.319 e. The molecule has 26 heavy (non-hydrogen) atoms. The Kier molecular flexibility index (Phi) is 4.41. The summed E-state index contributed by atoms with van der Waals surface area (Å²) in [5, 5.41) is 7.52. The fourth-order valence-electron chi connectivity index (χ4n) is 2.08. The first-order valence-corrected chi connectivity index (χ1v) is 7.10. The molecule has 1 heterocycles. The molecule has 0 unspecified atom stereocenters. The van der Waals surface area contributed by atoms with Gasteiger partial charge in [-0.25, -0.2) is 13.8 Å². The fourth-order valence-corrected chi connectivity index (χ4v) is 2.08. The Morgan fingerprint density at radius 3 is 2.31 bits per heavy atom. The Bertz CT molecular complexity index is 950. The molecule has 0 fully saturated rings. The largest absolute Gasteiger partial charge is 0.453 e. The number of carbonyl (C=O) groups is 1. The van der Waals surface area contributed by atoms with Gasteiger partial charge in [0.2, 0.25) is 0 Å². The molecule has 2 N–H and O–H groups in total. The molecule has 2 aromatic carbocycles. The first kappa shape index (κ1) is 17.5. The summed E-state index contributed by atoms with van der Waals surface area (Å²) in [6, 6.07) is 8.05. The second-order valence-corrected chi connectivity index (χ2v) is 5.16. The van der Waals surface area contributed by atoms with Crippen molar-refractivity contribution in [3.8, 4) is 11.4 Å². The van der Waals surface area contributed by atoms with Gasteiger partial charge in [0.15, 0.2) is 5.82 Å². The Labute approximate surface area is 142 Å². The maximum Gasteiger partial charge on any atom is 0.453 e. The van der Waals surface area contributed by atoms with E-state index in [0.29, 0.717) is 6.07 Å². The molecule has 0 saturated heterocycles. The summed E-state index contributed by atoms with van der Waals surface area (Å²) < 4.78 is 63.9. The SMILES string of the molecule is O=C(Nc1ccc(F)cc1F)c1ccc(-c2nc(C(F)(F)F)n[nH]2)cc1. The van der Waals surface area contributed by atoms with Crippen LogP contribution in [0.2, 0.25) is 0 Å². The van der Waals surface area contributed by atoms with Crippen molar-refractivity contribution in [1.29, 1.82) is 0 Å². The number of rotatable bonds is 3. The molecule has 3 rings (SSSR count). The van der Waals surface area contributed by atoms with Crippen LogP contribution in [0.1, 0.15) is 16.2 Å². The van der Waals surface area contributed by atoms with Crippen molar-refractivity contribution in [3.63, 3.8) is 0 Å². The van der Waals surface area contributed by atoms with Crippen LogP contribution in [0.25, 0.3) is 11.4 Å². The summed E-state index contributed by atoms with van der Waals surface area (Å²) in [5.41, 5.74) is 0.191. The minimum atomic E-state index is -4.67. The predicted molar refractivity (Wildman–Crippen MR) is 81.1 cm³/mol. The number of hydrogen-bond donors (Lipinski definition) is 2. The van der Waals surface area contributed by atoms with Crippen LogP contribution in [0.15, 0.2) is 42.5 Å². The number of aromatic amines is 1. The summed E-state index contributed by atoms with van der Waals surface area (Å²) >= 11 is 0. The molecule has 0 spiro atoms. The van der Waals surface area contributed by atoms with Gasteiger partial charge in [0, 0.05) is 17.2 Å². The first-order valence-electron chi connectivity index (χ1n) is 7.10. The molecule has 134 valence electrons. The van der Waals surface area contributed by atoms with Crippen LogP contribution < -0.4 is 5.32 Å². The van der Waals surface area contributed by atoms with E-state index < -0.39 is 29.5 Å². The van der Waals surface area contributed by atoms with Crippen molar-refractivity contribution < 1.29 is 26.7 Å². The lowest BCUT2D eigenvalue weighted by Crippen LogP contribution is -2.13. The number of benzene rings is 2. The number of carbonyl (C=O) groups excluding carboxylic acids is 1. The molecule has 10 heteroatoms. The number of nitrogens with zero attached hydrogens (tertiary/aromatic N) is 2. The highest BCUT2D eigenvalue weighted by Crippen LogP contribution is 2.27. The normalized spacial score (nSPS) is 11.4. The number of alkyl halides is 3. The second kappa shape index (κ2) is 6.54. The van der Waals surface area contributed by atoms with Crippen molar-refractivity contribution in [2.75, 3.05) is 5.32 Å². The zero-order valence-corrected chi connectivity index (χ0v) is 12.7. The van der Waals surface area contributed by atoms with Gasteiger partial charge in [-0.1, -0.05) is 12.1 Å². The maximum absolute atomic E-state index is 13.5. The zero-order chi connectivity index (χ0) is 18.9. The molecule has 0 aliphatic carbocycles. The molecule has 0 bridgehead atoms. The molecule has 0 aliphatic rings. The van der Waals surface area contributed by atoms with E-state index in [1.165, 1.54) is 24.3 Å². The molecule has 0 aliphatic heterocycles. The van der Waals surface area contributed by atoms with Crippen LogP contribution in [0.3, 0.4) is 0 Å². The number of aromatic nitrogens is 3. The van der Waals surface area contributed by atoms with Gasteiger partial charge >= 0.3 is 6.18 Å². The highest BCUT2D eigenvalue weighted by Gasteiger charge is 2.36. The van der Waals surface area contributed by atoms with Crippen molar-refractivity contribution >= 4 is 11.6 Å². The molecule has 3 aromatic rings. The average molecular weight is 368 g/mol. The van der Waals surface area contributed by atoms with Crippen molar-refractivity contribution in [2.45, 2.75) is 6.18 Å². The van der Waals surface area contributed by atoms with E-state index in [1.54, 1.807) is 0 Å². The van der Waals surface area contributed by atoms with Gasteiger partial charge in [0.1, 0.15) is 11.6 Å². The lowest BCUT2D eigenvalue weighted by Gasteiger charge is -2.07. The summed E-state index contributed by atoms with van der Waals surface area (Å²) in [5.74, 6) is -3.81. The third-order valence-electron chi connectivity index (χ3n) is 3.34. The monoisotopic (exact) mass is 368 g/mol. The molecule has 0 radical (unpaired) electrons. The second-order valence-electron chi connectivity index (χ2n) is 5.16. The van der Waals surface area contributed by atoms with Crippen LogP contribution >= 0.6 is 0 Å². The van der Waals surface area contributed by atoms with Gasteiger partial charge in [-0.2, -0.15) is 13.2 Å². The average Bonchev–Trinajstić information content (AvgIpc) is 3.08. The molecule has 0 atom stereocenters. The summed E-state index contributed by atoms with van der Waals surface area (Å²) in [6.45, 7) is 0. The number of halogens is 5. The van der Waals surface area contributed by atoms with Crippen LogP contribution in [0.5, 0.6) is 0 Å². The van der Waals surface area contributed by atoms with E-state index in [2.05, 4.69) is 20.5 Å². The number of nitrogens with one attached hydrogen (secondary N) is 2. The third kappa shape index (κ3) is 3.68. The van der Waals surface area contributed by atoms with Crippen LogP contribution in [-0.4, -0.2) is 21.1 Å². The van der Waals surface area contributed by atoms with Crippen molar-refractivity contribution in [2.24, 2.45) is 0 Å². The molecular formula is C16H9F5N4O. The lowest BCUT2D eigenvalue weighted by atomic mass is 10.1. The number of H-pyrrole nitrogens is 1. The molecular weight excluding hydrogens is 359 g/mol. The minimum absolute atomic E-state index is 0.117. The van der Waals surface area contributed by atoms with E-state index in [9.17, 15) is 26.7 Å². The Hall–Kier alpha value is -3.30. The molecule has 1 amide bonds. The maximum atomic E-state index is 13.5. The summed E-state index contributed by atoms with van der Waals surface area (Å²) in [4.78, 5) is 15.4. The van der Waals surface area contributed by atoms with Gasteiger partial charge < -0.3 is 5.32 Å². The van der Waals surface area contributed by atoms with E-state index in [0.717, 1.165) is 12.1 Å². The molecule has 1 aromatic heterocycles. The molecule has 0 saturated carbocycles. The number of hydrogen-bond acceptors (Lipinski definition) is 3. The van der Waals surface area contributed by atoms with Crippen LogP contribution in [0.4, 0.5) is 27.6 Å². The highest BCUT2D eigenvalue weighted by atomic mass is 19.4. The summed E-state index contributed by atoms with van der Waals surface area (Å²) in [7, 11) is 0. The predicted octanol–water partition coefficient (Wildman–Crippen LogP) is 4.02. The van der Waals surface area contributed by atoms with E-state index in [-0.39, 0.29) is 22.6 Å². The van der Waals surface area contributed by atoms with E-state index >= 15 is 0 Å². The van der Waals surface area contributed by atoms with E-state index in [4.69, 9.17) is 0 Å². The van der Waals surface area contributed by atoms with Gasteiger partial charge in [0.25, 0.3) is 11.7 Å². The third-order valence-corrected chi connectivity index (χ3v) is 3.34. The van der Waals surface area contributed by atoms with Crippen LogP contribution in [-0.2, 0) is 6.18 Å². The highest BCUT2D eigenvalue weighted by molar-refractivity contribution is 6.04. The van der Waals surface area contributed by atoms with Gasteiger partial charge in [-0.3, -0.25) is 9.89 Å².